The Hall–Kier alpha value is -0.120. The summed E-state index contributed by atoms with van der Waals surface area (Å²) in [6.07, 6.45) is 13.3. The molecule has 1 aliphatic rings. The van der Waals surface area contributed by atoms with Crippen molar-refractivity contribution in [2.24, 2.45) is 0 Å². The van der Waals surface area contributed by atoms with E-state index in [-0.39, 0.29) is 0 Å². The van der Waals surface area contributed by atoms with Crippen LogP contribution in [0.2, 0.25) is 0 Å². The Morgan fingerprint density at radius 2 is 1.06 bits per heavy atom. The minimum absolute atomic E-state index is 0.372. The average Bonchev–Trinajstić information content (AvgIpc) is 2.25. The van der Waals surface area contributed by atoms with Crippen molar-refractivity contribution in [3.63, 3.8) is 0 Å². The van der Waals surface area contributed by atoms with Gasteiger partial charge in [0, 0.05) is 6.61 Å². The lowest BCUT2D eigenvalue weighted by Gasteiger charge is -2.08. The molecule has 0 saturated carbocycles. The molecule has 1 heterocycles. The molecule has 0 aromatic rings. The van der Waals surface area contributed by atoms with E-state index in [0.29, 0.717) is 6.61 Å². The van der Waals surface area contributed by atoms with Gasteiger partial charge in [-0.15, -0.1) is 0 Å². The van der Waals surface area contributed by atoms with E-state index in [1.807, 2.05) is 0 Å². The van der Waals surface area contributed by atoms with Crippen LogP contribution in [-0.4, -0.2) is 24.9 Å². The van der Waals surface area contributed by atoms with E-state index in [1.165, 1.54) is 57.8 Å². The smallest absolute Gasteiger partial charge is 0.109 e. The van der Waals surface area contributed by atoms with Gasteiger partial charge in [0.25, 0.3) is 0 Å². The first-order valence-electron chi connectivity index (χ1n) is 7.27. The summed E-state index contributed by atoms with van der Waals surface area (Å²) in [6.45, 7) is 4.19. The third kappa shape index (κ3) is 15.9. The maximum atomic E-state index is 8.57. The first-order chi connectivity index (χ1) is 8.41. The highest BCUT2D eigenvalue weighted by Gasteiger charge is 1.95. The van der Waals surface area contributed by atoms with Gasteiger partial charge in [-0.3, -0.25) is 0 Å². The average molecular weight is 246 g/mol. The molecule has 0 aromatic heterocycles. The maximum absolute atomic E-state index is 8.57. The SMILES string of the molecule is C1COO1.CCCCCCCCCCCCO. The molecular weight excluding hydrogens is 216 g/mol. The van der Waals surface area contributed by atoms with Crippen molar-refractivity contribution >= 4 is 0 Å². The molecule has 0 aliphatic carbocycles. The number of hydrogen-bond donors (Lipinski definition) is 1. The first kappa shape index (κ1) is 16.9. The molecule has 0 aromatic carbocycles. The second kappa shape index (κ2) is 15.9. The predicted molar refractivity (Wildman–Crippen MR) is 70.8 cm³/mol. The van der Waals surface area contributed by atoms with Crippen LogP contribution in [0.25, 0.3) is 0 Å². The number of aliphatic hydroxyl groups excluding tert-OH is 1. The summed E-state index contributed by atoms with van der Waals surface area (Å²) in [6, 6.07) is 0. The number of aliphatic hydroxyl groups is 1. The van der Waals surface area contributed by atoms with E-state index in [9.17, 15) is 0 Å². The van der Waals surface area contributed by atoms with E-state index in [2.05, 4.69) is 16.7 Å². The van der Waals surface area contributed by atoms with Gasteiger partial charge >= 0.3 is 0 Å². The molecule has 1 fully saturated rings. The van der Waals surface area contributed by atoms with Crippen LogP contribution in [0, 0.1) is 0 Å². The Morgan fingerprint density at radius 1 is 0.706 bits per heavy atom. The van der Waals surface area contributed by atoms with Crippen molar-refractivity contribution in [2.45, 2.75) is 71.1 Å². The van der Waals surface area contributed by atoms with Crippen LogP contribution in [-0.2, 0) is 9.78 Å². The first-order valence-corrected chi connectivity index (χ1v) is 7.27. The van der Waals surface area contributed by atoms with Crippen LogP contribution < -0.4 is 0 Å². The minimum atomic E-state index is 0.372. The fraction of sp³-hybridized carbons (Fsp3) is 1.00. The van der Waals surface area contributed by atoms with Gasteiger partial charge in [-0.1, -0.05) is 64.7 Å². The molecule has 1 rings (SSSR count). The van der Waals surface area contributed by atoms with E-state index >= 15 is 0 Å². The molecule has 0 amide bonds. The lowest BCUT2D eigenvalue weighted by atomic mass is 10.1. The topological polar surface area (TPSA) is 38.7 Å². The monoisotopic (exact) mass is 246 g/mol. The van der Waals surface area contributed by atoms with Gasteiger partial charge in [0.05, 0.1) is 0 Å². The van der Waals surface area contributed by atoms with Gasteiger partial charge in [-0.2, -0.15) is 0 Å². The molecule has 17 heavy (non-hydrogen) atoms. The predicted octanol–water partition coefficient (Wildman–Crippen LogP) is 3.85. The third-order valence-corrected chi connectivity index (χ3v) is 2.85. The Labute approximate surface area is 106 Å². The lowest BCUT2D eigenvalue weighted by molar-refractivity contribution is -0.382. The fourth-order valence-corrected chi connectivity index (χ4v) is 1.68. The molecule has 0 radical (unpaired) electrons. The third-order valence-electron chi connectivity index (χ3n) is 2.85. The van der Waals surface area contributed by atoms with Crippen molar-refractivity contribution in [3.05, 3.63) is 0 Å². The summed E-state index contributed by atoms with van der Waals surface area (Å²) in [5, 5.41) is 8.57. The zero-order chi connectivity index (χ0) is 12.6. The van der Waals surface area contributed by atoms with E-state index in [0.717, 1.165) is 19.6 Å². The van der Waals surface area contributed by atoms with Gasteiger partial charge in [0.15, 0.2) is 0 Å². The highest BCUT2D eigenvalue weighted by atomic mass is 17.2. The molecule has 0 bridgehead atoms. The number of rotatable bonds is 10. The standard InChI is InChI=1S/C12H26O.C2H4O2/c1-2-3-4-5-6-7-8-9-10-11-12-13;1-2-4-3-1/h13H,2-12H2,1H3;1-2H2. The molecular formula is C14H30O3. The maximum Gasteiger partial charge on any atom is 0.109 e. The highest BCUT2D eigenvalue weighted by Crippen LogP contribution is 2.09. The Morgan fingerprint density at radius 3 is 1.35 bits per heavy atom. The molecule has 0 unspecified atom stereocenters. The number of unbranched alkanes of at least 4 members (excludes halogenated alkanes) is 9. The van der Waals surface area contributed by atoms with Crippen molar-refractivity contribution in [2.75, 3.05) is 19.8 Å². The summed E-state index contributed by atoms with van der Waals surface area (Å²) in [4.78, 5) is 8.44. The van der Waals surface area contributed by atoms with Crippen molar-refractivity contribution < 1.29 is 14.9 Å². The van der Waals surface area contributed by atoms with E-state index in [1.54, 1.807) is 0 Å². The second-order valence-electron chi connectivity index (χ2n) is 4.55. The van der Waals surface area contributed by atoms with Gasteiger partial charge in [-0.25, -0.2) is 9.78 Å². The Balaban J connectivity index is 0.000000529. The van der Waals surface area contributed by atoms with Crippen molar-refractivity contribution in [1.29, 1.82) is 0 Å². The number of hydrogen-bond acceptors (Lipinski definition) is 3. The Bertz CT molecular complexity index is 111. The zero-order valence-electron chi connectivity index (χ0n) is 11.5. The Kier molecular flexibility index (Phi) is 15.8. The summed E-state index contributed by atoms with van der Waals surface area (Å²) >= 11 is 0. The van der Waals surface area contributed by atoms with Gasteiger partial charge < -0.3 is 5.11 Å². The highest BCUT2D eigenvalue weighted by molar-refractivity contribution is 4.46. The summed E-state index contributed by atoms with van der Waals surface area (Å²) < 4.78 is 0. The van der Waals surface area contributed by atoms with Gasteiger partial charge in [-0.05, 0) is 6.42 Å². The molecule has 0 atom stereocenters. The molecule has 3 nitrogen and oxygen atoms in total. The minimum Gasteiger partial charge on any atom is -0.396 e. The van der Waals surface area contributed by atoms with Crippen LogP contribution in [0.1, 0.15) is 71.1 Å². The summed E-state index contributed by atoms with van der Waals surface area (Å²) in [7, 11) is 0. The van der Waals surface area contributed by atoms with E-state index in [4.69, 9.17) is 5.11 Å². The molecule has 1 N–H and O–H groups in total. The molecule has 1 saturated heterocycles. The molecule has 104 valence electrons. The summed E-state index contributed by atoms with van der Waals surface area (Å²) in [5.41, 5.74) is 0. The summed E-state index contributed by atoms with van der Waals surface area (Å²) in [5.74, 6) is 0. The van der Waals surface area contributed by atoms with Crippen molar-refractivity contribution in [3.8, 4) is 0 Å². The van der Waals surface area contributed by atoms with Crippen LogP contribution in [0.15, 0.2) is 0 Å². The molecule has 3 heteroatoms. The molecule has 0 spiro atoms. The normalized spacial score (nSPS) is 13.8. The lowest BCUT2D eigenvalue weighted by Crippen LogP contribution is -2.14. The van der Waals surface area contributed by atoms with Crippen LogP contribution in [0.4, 0.5) is 0 Å². The van der Waals surface area contributed by atoms with Crippen LogP contribution in [0.3, 0.4) is 0 Å². The van der Waals surface area contributed by atoms with Crippen molar-refractivity contribution in [1.82, 2.24) is 0 Å². The van der Waals surface area contributed by atoms with Gasteiger partial charge in [0.1, 0.15) is 13.2 Å². The van der Waals surface area contributed by atoms with Crippen LogP contribution >= 0.6 is 0 Å². The zero-order valence-corrected chi connectivity index (χ0v) is 11.5. The second-order valence-corrected chi connectivity index (χ2v) is 4.55. The van der Waals surface area contributed by atoms with Gasteiger partial charge in [0.2, 0.25) is 0 Å². The molecule has 1 aliphatic heterocycles. The quantitative estimate of drug-likeness (QED) is 0.470. The van der Waals surface area contributed by atoms with E-state index < -0.39 is 0 Å². The van der Waals surface area contributed by atoms with Crippen LogP contribution in [0.5, 0.6) is 0 Å². The largest absolute Gasteiger partial charge is 0.396 e. The fourth-order valence-electron chi connectivity index (χ4n) is 1.68.